The monoisotopic (exact) mass is 392 g/mol. The van der Waals surface area contributed by atoms with E-state index in [2.05, 4.69) is 20.7 Å². The lowest BCUT2D eigenvalue weighted by Crippen LogP contribution is -2.41. The van der Waals surface area contributed by atoms with Crippen molar-refractivity contribution in [2.75, 3.05) is 13.1 Å². The van der Waals surface area contributed by atoms with E-state index in [1.807, 2.05) is 41.8 Å². The quantitative estimate of drug-likeness (QED) is 0.683. The van der Waals surface area contributed by atoms with Gasteiger partial charge in [-0.05, 0) is 57.7 Å². The van der Waals surface area contributed by atoms with Gasteiger partial charge in [-0.25, -0.2) is 9.97 Å². The highest BCUT2D eigenvalue weighted by atomic mass is 16.2. The molecular weight excluding hydrogens is 364 g/mol. The lowest BCUT2D eigenvalue weighted by atomic mass is 9.84. The molecule has 2 fully saturated rings. The summed E-state index contributed by atoms with van der Waals surface area (Å²) in [5, 5.41) is 4.43. The number of hydrogen-bond acceptors (Lipinski definition) is 4. The molecule has 2 aliphatic rings. The number of amides is 1. The first-order valence-corrected chi connectivity index (χ1v) is 10.7. The topological polar surface area (TPSA) is 68.8 Å². The van der Waals surface area contributed by atoms with Crippen molar-refractivity contribution in [3.8, 4) is 0 Å². The van der Waals surface area contributed by atoms with Gasteiger partial charge in [0, 0.05) is 36.9 Å². The van der Waals surface area contributed by atoms with Gasteiger partial charge in [0.2, 0.25) is 5.91 Å². The second kappa shape index (κ2) is 7.28. The van der Waals surface area contributed by atoms with E-state index in [0.717, 1.165) is 48.5 Å². The first-order valence-electron chi connectivity index (χ1n) is 10.7. The highest BCUT2D eigenvalue weighted by Gasteiger charge is 2.31. The third-order valence-corrected chi connectivity index (χ3v) is 6.52. The van der Waals surface area contributed by atoms with Crippen molar-refractivity contribution in [1.82, 2.24) is 29.2 Å². The van der Waals surface area contributed by atoms with Crippen LogP contribution in [0.3, 0.4) is 0 Å². The first kappa shape index (κ1) is 18.3. The number of aromatic nitrogens is 5. The summed E-state index contributed by atoms with van der Waals surface area (Å²) in [5.41, 5.74) is 3.99. The summed E-state index contributed by atoms with van der Waals surface area (Å²) >= 11 is 0. The lowest BCUT2D eigenvalue weighted by molar-refractivity contribution is -0.133. The Labute approximate surface area is 170 Å². The van der Waals surface area contributed by atoms with Gasteiger partial charge in [-0.2, -0.15) is 5.10 Å². The van der Waals surface area contributed by atoms with Crippen molar-refractivity contribution in [2.24, 2.45) is 0 Å². The van der Waals surface area contributed by atoms with Crippen molar-refractivity contribution in [2.45, 2.75) is 64.5 Å². The highest BCUT2D eigenvalue weighted by Crippen LogP contribution is 2.39. The molecule has 1 saturated carbocycles. The standard InChI is InChI=1S/C22H28N6O/c1-15-13-16(2)27(25-15)14-20(29)26-11-8-18(9-12-26)28-21(17-5-3-6-17)24-19-7-4-10-23-22(19)28/h4,7,10,13,17-18H,3,5-6,8-9,11-12,14H2,1-2H3. The van der Waals surface area contributed by atoms with Crippen molar-refractivity contribution in [1.29, 1.82) is 0 Å². The summed E-state index contributed by atoms with van der Waals surface area (Å²) in [5.74, 6) is 1.93. The minimum atomic E-state index is 0.155. The average Bonchev–Trinajstić information content (AvgIpc) is 3.19. The molecule has 0 radical (unpaired) electrons. The Balaban J connectivity index is 1.32. The molecule has 3 aromatic rings. The summed E-state index contributed by atoms with van der Waals surface area (Å²) in [6.07, 6.45) is 7.50. The normalized spacial score (nSPS) is 18.3. The number of imidazole rings is 1. The fourth-order valence-electron chi connectivity index (χ4n) is 4.70. The number of carbonyl (C=O) groups is 1. The van der Waals surface area contributed by atoms with Crippen LogP contribution in [0.5, 0.6) is 0 Å². The Kier molecular flexibility index (Phi) is 4.60. The maximum atomic E-state index is 12.8. The van der Waals surface area contributed by atoms with Gasteiger partial charge in [-0.3, -0.25) is 9.48 Å². The minimum Gasteiger partial charge on any atom is -0.341 e. The molecule has 7 heteroatoms. The molecule has 1 aliphatic carbocycles. The molecule has 5 rings (SSSR count). The summed E-state index contributed by atoms with van der Waals surface area (Å²) in [4.78, 5) is 24.4. The molecule has 29 heavy (non-hydrogen) atoms. The molecule has 0 aromatic carbocycles. The van der Waals surface area contributed by atoms with Gasteiger partial charge in [0.1, 0.15) is 17.9 Å². The van der Waals surface area contributed by atoms with Crippen LogP contribution in [0.4, 0.5) is 0 Å². The summed E-state index contributed by atoms with van der Waals surface area (Å²) in [6, 6.07) is 6.40. The van der Waals surface area contributed by atoms with Crippen molar-refractivity contribution in [3.63, 3.8) is 0 Å². The van der Waals surface area contributed by atoms with Crippen molar-refractivity contribution < 1.29 is 4.79 Å². The Bertz CT molecular complexity index is 1040. The van der Waals surface area contributed by atoms with Crippen molar-refractivity contribution in [3.05, 3.63) is 41.6 Å². The molecule has 1 saturated heterocycles. The summed E-state index contributed by atoms with van der Waals surface area (Å²) in [6.45, 7) is 5.84. The zero-order chi connectivity index (χ0) is 20.0. The van der Waals surface area contributed by atoms with E-state index >= 15 is 0 Å². The molecule has 152 valence electrons. The molecule has 0 unspecified atom stereocenters. The van der Waals surface area contributed by atoms with Crippen LogP contribution >= 0.6 is 0 Å². The van der Waals surface area contributed by atoms with Crippen LogP contribution in [0, 0.1) is 13.8 Å². The average molecular weight is 393 g/mol. The van der Waals surface area contributed by atoms with E-state index in [-0.39, 0.29) is 5.91 Å². The fraction of sp³-hybridized carbons (Fsp3) is 0.545. The van der Waals surface area contributed by atoms with Gasteiger partial charge in [0.15, 0.2) is 5.65 Å². The Morgan fingerprint density at radius 3 is 2.62 bits per heavy atom. The van der Waals surface area contributed by atoms with Crippen LogP contribution < -0.4 is 0 Å². The molecule has 0 bridgehead atoms. The molecular formula is C22H28N6O. The van der Waals surface area contributed by atoms with E-state index in [0.29, 0.717) is 18.5 Å². The number of aryl methyl sites for hydroxylation is 2. The van der Waals surface area contributed by atoms with Crippen LogP contribution in [-0.4, -0.2) is 48.2 Å². The maximum Gasteiger partial charge on any atom is 0.244 e. The number of carbonyl (C=O) groups excluding carboxylic acids is 1. The Morgan fingerprint density at radius 2 is 1.97 bits per heavy atom. The predicted octanol–water partition coefficient (Wildman–Crippen LogP) is 3.38. The molecule has 4 heterocycles. The molecule has 0 atom stereocenters. The number of rotatable bonds is 4. The van der Waals surface area contributed by atoms with E-state index in [4.69, 9.17) is 4.98 Å². The van der Waals surface area contributed by atoms with Gasteiger partial charge in [0.25, 0.3) is 0 Å². The second-order valence-corrected chi connectivity index (χ2v) is 8.51. The Hall–Kier alpha value is -2.70. The predicted molar refractivity (Wildman–Crippen MR) is 111 cm³/mol. The molecule has 3 aromatic heterocycles. The smallest absolute Gasteiger partial charge is 0.244 e. The number of likely N-dealkylation sites (tertiary alicyclic amines) is 1. The Morgan fingerprint density at radius 1 is 1.17 bits per heavy atom. The molecule has 0 N–H and O–H groups in total. The van der Waals surface area contributed by atoms with Gasteiger partial charge in [-0.1, -0.05) is 6.42 Å². The maximum absolute atomic E-state index is 12.8. The largest absolute Gasteiger partial charge is 0.341 e. The SMILES string of the molecule is Cc1cc(C)n(CC(=O)N2CCC(n3c(C4CCC4)nc4cccnc43)CC2)n1. The number of piperidine rings is 1. The number of pyridine rings is 1. The lowest BCUT2D eigenvalue weighted by Gasteiger charge is -2.35. The van der Waals surface area contributed by atoms with E-state index in [1.54, 1.807) is 0 Å². The first-order chi connectivity index (χ1) is 14.1. The van der Waals surface area contributed by atoms with Gasteiger partial charge in [0.05, 0.1) is 5.69 Å². The number of nitrogens with zero attached hydrogens (tertiary/aromatic N) is 6. The minimum absolute atomic E-state index is 0.155. The second-order valence-electron chi connectivity index (χ2n) is 8.51. The van der Waals surface area contributed by atoms with Crippen LogP contribution in [0.1, 0.15) is 61.3 Å². The van der Waals surface area contributed by atoms with Gasteiger partial charge >= 0.3 is 0 Å². The molecule has 1 amide bonds. The van der Waals surface area contributed by atoms with Crippen LogP contribution in [-0.2, 0) is 11.3 Å². The molecule has 7 nitrogen and oxygen atoms in total. The third-order valence-electron chi connectivity index (χ3n) is 6.52. The van der Waals surface area contributed by atoms with E-state index in [1.165, 1.54) is 25.1 Å². The summed E-state index contributed by atoms with van der Waals surface area (Å²) < 4.78 is 4.20. The van der Waals surface area contributed by atoms with Crippen molar-refractivity contribution >= 4 is 17.1 Å². The van der Waals surface area contributed by atoms with E-state index < -0.39 is 0 Å². The van der Waals surface area contributed by atoms with Gasteiger partial charge < -0.3 is 9.47 Å². The number of fused-ring (bicyclic) bond motifs is 1. The summed E-state index contributed by atoms with van der Waals surface area (Å²) in [7, 11) is 0. The molecule has 1 aliphatic heterocycles. The zero-order valence-electron chi connectivity index (χ0n) is 17.2. The van der Waals surface area contributed by atoms with Gasteiger partial charge in [-0.15, -0.1) is 0 Å². The molecule has 0 spiro atoms. The fourth-order valence-corrected chi connectivity index (χ4v) is 4.70. The number of hydrogen-bond donors (Lipinski definition) is 0. The highest BCUT2D eigenvalue weighted by molar-refractivity contribution is 5.76. The zero-order valence-corrected chi connectivity index (χ0v) is 17.2. The van der Waals surface area contributed by atoms with E-state index in [9.17, 15) is 4.79 Å². The third kappa shape index (κ3) is 3.32. The van der Waals surface area contributed by atoms with Crippen LogP contribution in [0.2, 0.25) is 0 Å². The van der Waals surface area contributed by atoms with Crippen LogP contribution in [0.15, 0.2) is 24.4 Å². The van der Waals surface area contributed by atoms with Crippen LogP contribution in [0.25, 0.3) is 11.2 Å².